The van der Waals surface area contributed by atoms with Gasteiger partial charge in [0.2, 0.25) is 0 Å². The van der Waals surface area contributed by atoms with Crippen LogP contribution < -0.4 is 5.73 Å². The van der Waals surface area contributed by atoms with Crippen molar-refractivity contribution in [1.29, 1.82) is 0 Å². The van der Waals surface area contributed by atoms with Crippen LogP contribution in [0.2, 0.25) is 0 Å². The summed E-state index contributed by atoms with van der Waals surface area (Å²) in [7, 11) is 1.68. The molecule has 0 aliphatic heterocycles. The lowest BCUT2D eigenvalue weighted by Gasteiger charge is -2.03. The van der Waals surface area contributed by atoms with E-state index in [-0.39, 0.29) is 0 Å². The van der Waals surface area contributed by atoms with Gasteiger partial charge in [0.15, 0.2) is 5.16 Å². The quantitative estimate of drug-likeness (QED) is 0.359. The van der Waals surface area contributed by atoms with E-state index in [1.165, 1.54) is 11.8 Å². The lowest BCUT2D eigenvalue weighted by molar-refractivity contribution is 0.218. The summed E-state index contributed by atoms with van der Waals surface area (Å²) in [5, 5.41) is 1.61. The van der Waals surface area contributed by atoms with E-state index in [1.54, 1.807) is 24.9 Å². The van der Waals surface area contributed by atoms with Crippen LogP contribution in [0.3, 0.4) is 0 Å². The molecule has 0 aliphatic rings. The summed E-state index contributed by atoms with van der Waals surface area (Å²) in [5.41, 5.74) is 5.63. The van der Waals surface area contributed by atoms with Gasteiger partial charge < -0.3 is 10.5 Å². The molecule has 0 spiro atoms. The fourth-order valence-corrected chi connectivity index (χ4v) is 2.07. The third kappa shape index (κ3) is 3.73. The number of thioether (sulfide) groups is 2. The molecule has 0 saturated heterocycles. The third-order valence-electron chi connectivity index (χ3n) is 1.42. The lowest BCUT2D eigenvalue weighted by atomic mass is 10.6. The number of anilines is 1. The Morgan fingerprint density at radius 2 is 2.29 bits per heavy atom. The van der Waals surface area contributed by atoms with Gasteiger partial charge in [0.1, 0.15) is 10.8 Å². The Bertz CT molecular complexity index is 296. The number of hydrogen-bond donors (Lipinski definition) is 1. The smallest absolute Gasteiger partial charge is 0.190 e. The molecule has 0 unspecified atom stereocenters. The second-order valence-corrected chi connectivity index (χ2v) is 4.35. The van der Waals surface area contributed by atoms with Crippen LogP contribution in [-0.2, 0) is 4.74 Å². The van der Waals surface area contributed by atoms with Gasteiger partial charge in [-0.1, -0.05) is 11.8 Å². The standard InChI is InChI=1S/C8H13N3OS2/c1-12-3-4-14-7-5-6(9)10-8(11-7)13-2/h5H,3-4H2,1-2H3,(H2,9,10,11). The van der Waals surface area contributed by atoms with Crippen molar-refractivity contribution >= 4 is 29.3 Å². The van der Waals surface area contributed by atoms with Gasteiger partial charge in [-0.3, -0.25) is 0 Å². The second kappa shape index (κ2) is 6.10. The molecule has 78 valence electrons. The van der Waals surface area contributed by atoms with E-state index in [4.69, 9.17) is 10.5 Å². The second-order valence-electron chi connectivity index (χ2n) is 2.46. The number of nitrogen functional groups attached to an aromatic ring is 1. The average Bonchev–Trinajstić information content (AvgIpc) is 2.17. The minimum Gasteiger partial charge on any atom is -0.384 e. The number of hydrogen-bond acceptors (Lipinski definition) is 6. The summed E-state index contributed by atoms with van der Waals surface area (Å²) in [4.78, 5) is 8.37. The first kappa shape index (κ1) is 11.6. The zero-order valence-corrected chi connectivity index (χ0v) is 9.82. The molecule has 1 aromatic heterocycles. The zero-order chi connectivity index (χ0) is 10.4. The summed E-state index contributed by atoms with van der Waals surface area (Å²) in [6.07, 6.45) is 1.93. The van der Waals surface area contributed by atoms with Crippen molar-refractivity contribution in [3.63, 3.8) is 0 Å². The van der Waals surface area contributed by atoms with Gasteiger partial charge in [-0.05, 0) is 6.26 Å². The van der Waals surface area contributed by atoms with Gasteiger partial charge in [0.05, 0.1) is 6.61 Å². The Morgan fingerprint density at radius 1 is 1.50 bits per heavy atom. The molecule has 1 heterocycles. The summed E-state index contributed by atoms with van der Waals surface area (Å²) in [6.45, 7) is 0.711. The van der Waals surface area contributed by atoms with Crippen LogP contribution >= 0.6 is 23.5 Å². The monoisotopic (exact) mass is 231 g/mol. The highest BCUT2D eigenvalue weighted by atomic mass is 32.2. The van der Waals surface area contributed by atoms with Crippen LogP contribution in [0, 0.1) is 0 Å². The number of methoxy groups -OCH3 is 1. The molecule has 0 saturated carbocycles. The van der Waals surface area contributed by atoms with Crippen LogP contribution in [0.15, 0.2) is 16.2 Å². The molecule has 0 radical (unpaired) electrons. The van der Waals surface area contributed by atoms with Crippen LogP contribution in [0.5, 0.6) is 0 Å². The predicted octanol–water partition coefficient (Wildman–Crippen LogP) is 1.52. The molecule has 0 aromatic carbocycles. The summed E-state index contributed by atoms with van der Waals surface area (Å²) >= 11 is 3.11. The van der Waals surface area contributed by atoms with Gasteiger partial charge in [-0.25, -0.2) is 9.97 Å². The van der Waals surface area contributed by atoms with Crippen LogP contribution in [0.25, 0.3) is 0 Å². The number of nitrogens with two attached hydrogens (primary N) is 1. The number of aromatic nitrogens is 2. The molecule has 0 aliphatic carbocycles. The first-order valence-corrected chi connectivity index (χ1v) is 6.27. The molecule has 1 aromatic rings. The van der Waals surface area contributed by atoms with Crippen molar-refractivity contribution in [3.05, 3.63) is 6.07 Å². The van der Waals surface area contributed by atoms with Gasteiger partial charge in [0.25, 0.3) is 0 Å². The maximum absolute atomic E-state index is 5.63. The molecule has 0 amide bonds. The fourth-order valence-electron chi connectivity index (χ4n) is 0.816. The van der Waals surface area contributed by atoms with E-state index < -0.39 is 0 Å². The third-order valence-corrected chi connectivity index (χ3v) is 2.85. The molecule has 2 N–H and O–H groups in total. The minimum absolute atomic E-state index is 0.518. The fraction of sp³-hybridized carbons (Fsp3) is 0.500. The molecule has 14 heavy (non-hydrogen) atoms. The highest BCUT2D eigenvalue weighted by molar-refractivity contribution is 7.99. The van der Waals surface area contributed by atoms with Crippen LogP contribution in [0.4, 0.5) is 5.82 Å². The van der Waals surface area contributed by atoms with E-state index in [1.807, 2.05) is 6.26 Å². The summed E-state index contributed by atoms with van der Waals surface area (Å²) in [5.74, 6) is 1.39. The molecular weight excluding hydrogens is 218 g/mol. The molecule has 0 atom stereocenters. The van der Waals surface area contributed by atoms with Crippen LogP contribution in [0.1, 0.15) is 0 Å². The number of nitrogens with zero attached hydrogens (tertiary/aromatic N) is 2. The highest BCUT2D eigenvalue weighted by Gasteiger charge is 2.01. The van der Waals surface area contributed by atoms with Crippen LogP contribution in [-0.4, -0.2) is 35.7 Å². The summed E-state index contributed by atoms with van der Waals surface area (Å²) < 4.78 is 4.95. The Hall–Kier alpha value is -0.460. The van der Waals surface area contributed by atoms with E-state index in [0.29, 0.717) is 17.6 Å². The molecule has 4 nitrogen and oxygen atoms in total. The minimum atomic E-state index is 0.518. The van der Waals surface area contributed by atoms with Gasteiger partial charge in [-0.15, -0.1) is 11.8 Å². The van der Waals surface area contributed by atoms with Crippen molar-refractivity contribution in [1.82, 2.24) is 9.97 Å². The van der Waals surface area contributed by atoms with E-state index in [2.05, 4.69) is 9.97 Å². The zero-order valence-electron chi connectivity index (χ0n) is 8.19. The molecule has 6 heteroatoms. The van der Waals surface area contributed by atoms with Gasteiger partial charge >= 0.3 is 0 Å². The first-order chi connectivity index (χ1) is 6.76. The van der Waals surface area contributed by atoms with Gasteiger partial charge in [0, 0.05) is 18.9 Å². The highest BCUT2D eigenvalue weighted by Crippen LogP contribution is 2.20. The predicted molar refractivity (Wildman–Crippen MR) is 60.8 cm³/mol. The SMILES string of the molecule is COCCSc1cc(N)nc(SC)n1. The molecule has 1 rings (SSSR count). The van der Waals surface area contributed by atoms with Crippen molar-refractivity contribution in [3.8, 4) is 0 Å². The first-order valence-electron chi connectivity index (χ1n) is 4.06. The van der Waals surface area contributed by atoms with Crippen molar-refractivity contribution < 1.29 is 4.74 Å². The topological polar surface area (TPSA) is 61.0 Å². The normalized spacial score (nSPS) is 10.4. The Labute approximate surface area is 92.0 Å². The van der Waals surface area contributed by atoms with Crippen molar-refractivity contribution in [2.24, 2.45) is 0 Å². The number of rotatable bonds is 5. The van der Waals surface area contributed by atoms with E-state index in [9.17, 15) is 0 Å². The molecular formula is C8H13N3OS2. The van der Waals surface area contributed by atoms with Crippen molar-refractivity contribution in [2.45, 2.75) is 10.2 Å². The Balaban J connectivity index is 2.62. The molecule has 0 bridgehead atoms. The molecule has 0 fully saturated rings. The van der Waals surface area contributed by atoms with E-state index in [0.717, 1.165) is 10.8 Å². The van der Waals surface area contributed by atoms with E-state index >= 15 is 0 Å². The van der Waals surface area contributed by atoms with Gasteiger partial charge in [-0.2, -0.15) is 0 Å². The van der Waals surface area contributed by atoms with Crippen molar-refractivity contribution in [2.75, 3.05) is 31.5 Å². The largest absolute Gasteiger partial charge is 0.384 e. The Kier molecular flexibility index (Phi) is 5.06. The maximum Gasteiger partial charge on any atom is 0.190 e. The Morgan fingerprint density at radius 3 is 2.93 bits per heavy atom. The summed E-state index contributed by atoms with van der Waals surface area (Å²) in [6, 6.07) is 1.78. The number of ether oxygens (including phenoxy) is 1. The lowest BCUT2D eigenvalue weighted by Crippen LogP contribution is -1.97. The maximum atomic E-state index is 5.63. The average molecular weight is 231 g/mol.